The van der Waals surface area contributed by atoms with Crippen molar-refractivity contribution in [2.24, 2.45) is 5.84 Å². The SMILES string of the molecule is NNC(=O)C(c1ccc(F)cc1)=[P+]([O-])O. The molecule has 0 bridgehead atoms. The lowest BCUT2D eigenvalue weighted by Gasteiger charge is -2.02. The van der Waals surface area contributed by atoms with Crippen molar-refractivity contribution in [3.8, 4) is 0 Å². The van der Waals surface area contributed by atoms with E-state index in [4.69, 9.17) is 10.7 Å². The van der Waals surface area contributed by atoms with E-state index in [9.17, 15) is 14.1 Å². The quantitative estimate of drug-likeness (QED) is 0.262. The number of nitrogens with two attached hydrogens (primary N) is 1. The van der Waals surface area contributed by atoms with Crippen molar-refractivity contribution < 1.29 is 19.0 Å². The van der Waals surface area contributed by atoms with Gasteiger partial charge < -0.3 is 4.89 Å². The molecule has 0 aliphatic carbocycles. The van der Waals surface area contributed by atoms with Gasteiger partial charge in [-0.3, -0.25) is 10.2 Å². The van der Waals surface area contributed by atoms with Crippen LogP contribution in [0.15, 0.2) is 24.3 Å². The summed E-state index contributed by atoms with van der Waals surface area (Å²) in [6.45, 7) is 0. The summed E-state index contributed by atoms with van der Waals surface area (Å²) in [5.74, 6) is 3.47. The highest BCUT2D eigenvalue weighted by atomic mass is 31.1. The number of hydrogen-bond donors (Lipinski definition) is 3. The Labute approximate surface area is 85.9 Å². The van der Waals surface area contributed by atoms with Crippen LogP contribution in [0.2, 0.25) is 0 Å². The fraction of sp³-hybridized carbons (Fsp3) is 0. The number of hydrazine groups is 1. The summed E-state index contributed by atoms with van der Waals surface area (Å²) >= 11 is 0. The molecular weight excluding hydrogens is 222 g/mol. The number of amides is 1. The standard InChI is InChI=1S/C8H8FN2O3P/c9-6-3-1-5(2-4-6)7(15(13)14)8(12)11-10/h1-4H,10H2,(H,11,12)(H,13,14). The number of carbonyl (C=O) groups is 1. The third kappa shape index (κ3) is 2.81. The van der Waals surface area contributed by atoms with E-state index in [0.717, 1.165) is 12.1 Å². The van der Waals surface area contributed by atoms with Crippen LogP contribution in [0, 0.1) is 5.82 Å². The molecule has 1 rings (SSSR count). The maximum atomic E-state index is 12.6. The van der Waals surface area contributed by atoms with Crippen molar-refractivity contribution in [1.82, 2.24) is 5.43 Å². The van der Waals surface area contributed by atoms with Gasteiger partial charge in [0.05, 0.1) is 0 Å². The number of hydrogen-bond acceptors (Lipinski definition) is 4. The lowest BCUT2D eigenvalue weighted by atomic mass is 10.1. The minimum atomic E-state index is -2.84. The van der Waals surface area contributed by atoms with Crippen molar-refractivity contribution in [2.45, 2.75) is 0 Å². The Hall–Kier alpha value is -1.33. The third-order valence-electron chi connectivity index (χ3n) is 1.66. The summed E-state index contributed by atoms with van der Waals surface area (Å²) in [4.78, 5) is 30.9. The normalized spacial score (nSPS) is 12.0. The van der Waals surface area contributed by atoms with Gasteiger partial charge in [-0.15, -0.1) is 0 Å². The van der Waals surface area contributed by atoms with Crippen LogP contribution >= 0.6 is 8.00 Å². The molecular formula is C8H8FN2O3P. The molecule has 0 radical (unpaired) electrons. The Balaban J connectivity index is 3.18. The van der Waals surface area contributed by atoms with Gasteiger partial charge in [-0.2, -0.15) is 4.89 Å². The van der Waals surface area contributed by atoms with Crippen molar-refractivity contribution >= 4 is 19.2 Å². The molecule has 0 saturated carbocycles. The summed E-state index contributed by atoms with van der Waals surface area (Å²) in [5.41, 5.74) is 1.90. The van der Waals surface area contributed by atoms with E-state index in [1.165, 1.54) is 12.1 Å². The molecule has 0 saturated heterocycles. The van der Waals surface area contributed by atoms with E-state index >= 15 is 0 Å². The Morgan fingerprint density at radius 2 is 2.00 bits per heavy atom. The second-order valence-electron chi connectivity index (χ2n) is 2.60. The summed E-state index contributed by atoms with van der Waals surface area (Å²) < 4.78 is 12.6. The van der Waals surface area contributed by atoms with Gasteiger partial charge in [0.25, 0.3) is 0 Å². The van der Waals surface area contributed by atoms with E-state index in [-0.39, 0.29) is 10.9 Å². The zero-order chi connectivity index (χ0) is 11.4. The molecule has 1 unspecified atom stereocenters. The largest absolute Gasteiger partial charge is 0.603 e. The summed E-state index contributed by atoms with van der Waals surface area (Å²) in [5, 5.41) is -0.382. The van der Waals surface area contributed by atoms with E-state index < -0.39 is 19.7 Å². The second kappa shape index (κ2) is 4.95. The molecule has 1 aromatic carbocycles. The Kier molecular flexibility index (Phi) is 3.88. The lowest BCUT2D eigenvalue weighted by Crippen LogP contribution is -2.37. The van der Waals surface area contributed by atoms with Gasteiger partial charge >= 0.3 is 5.91 Å². The molecule has 0 aromatic heterocycles. The van der Waals surface area contributed by atoms with E-state index in [1.54, 1.807) is 5.43 Å². The van der Waals surface area contributed by atoms with Crippen LogP contribution in [-0.4, -0.2) is 16.1 Å². The molecule has 0 aliphatic rings. The maximum absolute atomic E-state index is 12.6. The number of rotatable bonds is 2. The van der Waals surface area contributed by atoms with E-state index in [0.29, 0.717) is 0 Å². The third-order valence-corrected chi connectivity index (χ3v) is 2.50. The molecule has 0 fully saturated rings. The highest BCUT2D eigenvalue weighted by Crippen LogP contribution is 2.14. The molecule has 7 heteroatoms. The van der Waals surface area contributed by atoms with Crippen LogP contribution in [-0.2, 0) is 4.79 Å². The van der Waals surface area contributed by atoms with Crippen molar-refractivity contribution in [2.75, 3.05) is 0 Å². The number of nitrogens with one attached hydrogen (secondary N) is 1. The smallest absolute Gasteiger partial charge is 0.311 e. The first kappa shape index (κ1) is 11.7. The molecule has 1 atom stereocenters. The van der Waals surface area contributed by atoms with Gasteiger partial charge in [-0.1, -0.05) is 0 Å². The second-order valence-corrected chi connectivity index (χ2v) is 3.59. The minimum Gasteiger partial charge on any atom is -0.603 e. The van der Waals surface area contributed by atoms with Gasteiger partial charge in [-0.05, 0) is 24.3 Å². The van der Waals surface area contributed by atoms with Crippen molar-refractivity contribution in [3.63, 3.8) is 0 Å². The predicted molar refractivity (Wildman–Crippen MR) is 52.0 cm³/mol. The van der Waals surface area contributed by atoms with Crippen LogP contribution in [0.25, 0.3) is 0 Å². The van der Waals surface area contributed by atoms with Crippen LogP contribution in [0.5, 0.6) is 0 Å². The average Bonchev–Trinajstić information content (AvgIpc) is 2.20. The number of carbonyl (C=O) groups excluding carboxylic acids is 1. The number of halogens is 1. The first-order chi connectivity index (χ1) is 7.06. The van der Waals surface area contributed by atoms with E-state index in [1.807, 2.05) is 0 Å². The zero-order valence-electron chi connectivity index (χ0n) is 7.48. The first-order valence-corrected chi connectivity index (χ1v) is 5.07. The zero-order valence-corrected chi connectivity index (χ0v) is 8.37. The van der Waals surface area contributed by atoms with Crippen LogP contribution in [0.4, 0.5) is 4.39 Å². The van der Waals surface area contributed by atoms with Crippen LogP contribution < -0.4 is 16.2 Å². The molecule has 0 aliphatic heterocycles. The molecule has 1 amide bonds. The summed E-state index contributed by atoms with van der Waals surface area (Å²) in [6, 6.07) is 4.61. The fourth-order valence-corrected chi connectivity index (χ4v) is 1.61. The summed E-state index contributed by atoms with van der Waals surface area (Å²) in [6.07, 6.45) is 0. The molecule has 0 heterocycles. The summed E-state index contributed by atoms with van der Waals surface area (Å²) in [7, 11) is -2.84. The van der Waals surface area contributed by atoms with Gasteiger partial charge in [-0.25, -0.2) is 10.2 Å². The Morgan fingerprint density at radius 3 is 2.40 bits per heavy atom. The molecule has 1 aromatic rings. The molecule has 0 spiro atoms. The first-order valence-electron chi connectivity index (χ1n) is 3.86. The van der Waals surface area contributed by atoms with Crippen LogP contribution in [0.1, 0.15) is 5.56 Å². The van der Waals surface area contributed by atoms with E-state index in [2.05, 4.69) is 0 Å². The molecule has 4 N–H and O–H groups in total. The van der Waals surface area contributed by atoms with Gasteiger partial charge in [0.2, 0.25) is 13.3 Å². The highest BCUT2D eigenvalue weighted by molar-refractivity contribution is 7.49. The average molecular weight is 230 g/mol. The van der Waals surface area contributed by atoms with Gasteiger partial charge in [0, 0.05) is 5.56 Å². The van der Waals surface area contributed by atoms with Crippen molar-refractivity contribution in [3.05, 3.63) is 35.6 Å². The van der Waals surface area contributed by atoms with Crippen molar-refractivity contribution in [1.29, 1.82) is 0 Å². The predicted octanol–water partition coefficient (Wildman–Crippen LogP) is -0.999. The Bertz CT molecular complexity index is 401. The maximum Gasteiger partial charge on any atom is 0.311 e. The Morgan fingerprint density at radius 1 is 1.47 bits per heavy atom. The molecule has 80 valence electrons. The fourth-order valence-electron chi connectivity index (χ4n) is 1.00. The minimum absolute atomic E-state index is 0.156. The van der Waals surface area contributed by atoms with Crippen LogP contribution in [0.3, 0.4) is 0 Å². The topological polar surface area (TPSA) is 98.4 Å². The monoisotopic (exact) mass is 230 g/mol. The number of benzene rings is 1. The van der Waals surface area contributed by atoms with Gasteiger partial charge in [0.15, 0.2) is 0 Å². The van der Waals surface area contributed by atoms with Gasteiger partial charge in [0.1, 0.15) is 5.82 Å². The highest BCUT2D eigenvalue weighted by Gasteiger charge is 2.21. The lowest BCUT2D eigenvalue weighted by molar-refractivity contribution is -0.167. The molecule has 5 nitrogen and oxygen atoms in total. The molecule has 15 heavy (non-hydrogen) atoms.